The molecule has 0 amide bonds. The third-order valence-electron chi connectivity index (χ3n) is 1.98. The molecule has 0 fully saturated rings. The number of aliphatic hydroxyl groups is 2. The molecule has 0 bridgehead atoms. The van der Waals surface area contributed by atoms with Gasteiger partial charge in [0.2, 0.25) is 0 Å². The highest BCUT2D eigenvalue weighted by Gasteiger charge is 1.96. The van der Waals surface area contributed by atoms with E-state index in [0.717, 1.165) is 11.8 Å². The second kappa shape index (κ2) is 10.1. The number of carbonyl (C=O) groups is 1. The van der Waals surface area contributed by atoms with Crippen molar-refractivity contribution in [3.63, 3.8) is 0 Å². The van der Waals surface area contributed by atoms with Crippen molar-refractivity contribution in [3.8, 4) is 0 Å². The Kier molecular flexibility index (Phi) is 8.95. The SMILES string of the molecule is CC(=CCCO)C(=O)O.OC=Cc1ccccc1. The third kappa shape index (κ3) is 8.13. The quantitative estimate of drug-likeness (QED) is 0.567. The molecule has 1 rings (SSSR count). The van der Waals surface area contributed by atoms with E-state index in [4.69, 9.17) is 15.3 Å². The number of hydrogen-bond donors (Lipinski definition) is 3. The van der Waals surface area contributed by atoms with Gasteiger partial charge in [-0.25, -0.2) is 4.79 Å². The van der Waals surface area contributed by atoms with Gasteiger partial charge in [-0.15, -0.1) is 0 Å². The topological polar surface area (TPSA) is 77.8 Å². The van der Waals surface area contributed by atoms with Crippen LogP contribution in [0.5, 0.6) is 0 Å². The number of aliphatic hydroxyl groups excluding tert-OH is 2. The number of carboxylic acids is 1. The molecule has 0 unspecified atom stereocenters. The minimum absolute atomic E-state index is 0.00458. The van der Waals surface area contributed by atoms with Gasteiger partial charge < -0.3 is 15.3 Å². The summed E-state index contributed by atoms with van der Waals surface area (Å²) in [5.41, 5.74) is 1.30. The summed E-state index contributed by atoms with van der Waals surface area (Å²) in [5, 5.41) is 24.9. The number of carboxylic acid groups (broad SMARTS) is 1. The van der Waals surface area contributed by atoms with E-state index in [9.17, 15) is 4.79 Å². The van der Waals surface area contributed by atoms with Gasteiger partial charge in [0.25, 0.3) is 0 Å². The molecular formula is C14H18O4. The lowest BCUT2D eigenvalue weighted by atomic mass is 10.2. The molecule has 4 nitrogen and oxygen atoms in total. The second-order valence-corrected chi connectivity index (χ2v) is 3.43. The van der Waals surface area contributed by atoms with Crippen LogP contribution in [0.2, 0.25) is 0 Å². The zero-order chi connectivity index (χ0) is 13.8. The van der Waals surface area contributed by atoms with Crippen LogP contribution in [0.25, 0.3) is 6.08 Å². The van der Waals surface area contributed by atoms with Crippen LogP contribution >= 0.6 is 0 Å². The van der Waals surface area contributed by atoms with Crippen molar-refractivity contribution in [2.24, 2.45) is 0 Å². The Balaban J connectivity index is 0.000000321. The number of benzene rings is 1. The highest BCUT2D eigenvalue weighted by atomic mass is 16.4. The molecule has 1 aromatic rings. The van der Waals surface area contributed by atoms with Gasteiger partial charge >= 0.3 is 5.97 Å². The Morgan fingerprint density at radius 1 is 1.28 bits per heavy atom. The molecule has 0 heterocycles. The number of hydrogen-bond acceptors (Lipinski definition) is 3. The molecule has 0 aromatic heterocycles. The van der Waals surface area contributed by atoms with Crippen LogP contribution in [0, 0.1) is 0 Å². The van der Waals surface area contributed by atoms with Gasteiger partial charge in [0.05, 0.1) is 6.26 Å². The highest BCUT2D eigenvalue weighted by Crippen LogP contribution is 1.98. The third-order valence-corrected chi connectivity index (χ3v) is 1.98. The van der Waals surface area contributed by atoms with Gasteiger partial charge in [-0.2, -0.15) is 0 Å². The van der Waals surface area contributed by atoms with E-state index >= 15 is 0 Å². The molecule has 0 aliphatic heterocycles. The predicted octanol–water partition coefficient (Wildman–Crippen LogP) is 2.62. The Morgan fingerprint density at radius 3 is 2.33 bits per heavy atom. The summed E-state index contributed by atoms with van der Waals surface area (Å²) in [6.45, 7) is 1.50. The van der Waals surface area contributed by atoms with Gasteiger partial charge in [-0.1, -0.05) is 36.4 Å². The van der Waals surface area contributed by atoms with Crippen molar-refractivity contribution in [1.82, 2.24) is 0 Å². The lowest BCUT2D eigenvalue weighted by Gasteiger charge is -1.89. The molecule has 0 saturated carbocycles. The van der Waals surface area contributed by atoms with Crippen LogP contribution in [-0.4, -0.2) is 27.9 Å². The average Bonchev–Trinajstić information content (AvgIpc) is 2.38. The fourth-order valence-corrected chi connectivity index (χ4v) is 1.02. The molecule has 4 heteroatoms. The van der Waals surface area contributed by atoms with E-state index in [1.165, 1.54) is 13.0 Å². The number of aliphatic carboxylic acids is 1. The minimum Gasteiger partial charge on any atom is -0.516 e. The van der Waals surface area contributed by atoms with Crippen molar-refractivity contribution < 1.29 is 20.1 Å². The first-order chi connectivity index (χ1) is 8.61. The van der Waals surface area contributed by atoms with Crippen LogP contribution in [0.3, 0.4) is 0 Å². The lowest BCUT2D eigenvalue weighted by molar-refractivity contribution is -0.132. The van der Waals surface area contributed by atoms with Gasteiger partial charge in [-0.3, -0.25) is 0 Å². The molecule has 3 N–H and O–H groups in total. The van der Waals surface area contributed by atoms with E-state index in [1.807, 2.05) is 30.3 Å². The monoisotopic (exact) mass is 250 g/mol. The molecular weight excluding hydrogens is 232 g/mol. The maximum absolute atomic E-state index is 10.1. The first kappa shape index (κ1) is 15.9. The summed E-state index contributed by atoms with van der Waals surface area (Å²) in [7, 11) is 0. The minimum atomic E-state index is -0.927. The summed E-state index contributed by atoms with van der Waals surface area (Å²) >= 11 is 0. The van der Waals surface area contributed by atoms with Gasteiger partial charge in [-0.05, 0) is 25.0 Å². The maximum atomic E-state index is 10.1. The van der Waals surface area contributed by atoms with Gasteiger partial charge in [0.15, 0.2) is 0 Å². The van der Waals surface area contributed by atoms with Crippen LogP contribution in [0.15, 0.2) is 48.2 Å². The largest absolute Gasteiger partial charge is 0.516 e. The lowest BCUT2D eigenvalue weighted by Crippen LogP contribution is -1.95. The van der Waals surface area contributed by atoms with E-state index in [1.54, 1.807) is 6.08 Å². The van der Waals surface area contributed by atoms with Crippen LogP contribution < -0.4 is 0 Å². The first-order valence-electron chi connectivity index (χ1n) is 5.48. The number of rotatable bonds is 4. The Bertz CT molecular complexity index is 394. The van der Waals surface area contributed by atoms with Gasteiger partial charge in [0, 0.05) is 12.2 Å². The molecule has 18 heavy (non-hydrogen) atoms. The predicted molar refractivity (Wildman–Crippen MR) is 71.2 cm³/mol. The molecule has 0 aliphatic rings. The average molecular weight is 250 g/mol. The normalized spacial score (nSPS) is 10.9. The van der Waals surface area contributed by atoms with Crippen molar-refractivity contribution in [3.05, 3.63) is 53.8 Å². The highest BCUT2D eigenvalue weighted by molar-refractivity contribution is 5.85. The smallest absolute Gasteiger partial charge is 0.330 e. The summed E-state index contributed by atoms with van der Waals surface area (Å²) < 4.78 is 0. The van der Waals surface area contributed by atoms with Crippen molar-refractivity contribution >= 4 is 12.0 Å². The van der Waals surface area contributed by atoms with E-state index in [-0.39, 0.29) is 12.2 Å². The zero-order valence-corrected chi connectivity index (χ0v) is 10.3. The van der Waals surface area contributed by atoms with Crippen molar-refractivity contribution in [2.75, 3.05) is 6.61 Å². The maximum Gasteiger partial charge on any atom is 0.330 e. The molecule has 0 radical (unpaired) electrons. The standard InChI is InChI=1S/C8H8O.C6H10O3/c9-7-6-8-4-2-1-3-5-8;1-5(6(8)9)3-2-4-7/h1-7,9H;3,7H,2,4H2,1H3,(H,8,9). The van der Waals surface area contributed by atoms with E-state index in [0.29, 0.717) is 6.42 Å². The fourth-order valence-electron chi connectivity index (χ4n) is 1.02. The summed E-state index contributed by atoms with van der Waals surface area (Å²) in [5.74, 6) is -0.927. The van der Waals surface area contributed by atoms with Crippen LogP contribution in [0.1, 0.15) is 18.9 Å². The summed E-state index contributed by atoms with van der Waals surface area (Å²) in [6, 6.07) is 9.64. The molecule has 98 valence electrons. The molecule has 0 saturated heterocycles. The van der Waals surface area contributed by atoms with E-state index < -0.39 is 5.97 Å². The van der Waals surface area contributed by atoms with E-state index in [2.05, 4.69) is 0 Å². The second-order valence-electron chi connectivity index (χ2n) is 3.43. The summed E-state index contributed by atoms with van der Waals surface area (Å²) in [4.78, 5) is 10.1. The summed E-state index contributed by atoms with van der Waals surface area (Å²) in [6.07, 6.45) is 4.58. The van der Waals surface area contributed by atoms with Crippen molar-refractivity contribution in [1.29, 1.82) is 0 Å². The Morgan fingerprint density at radius 2 is 1.89 bits per heavy atom. The molecule has 0 atom stereocenters. The van der Waals surface area contributed by atoms with Gasteiger partial charge in [0.1, 0.15) is 0 Å². The molecule has 1 aromatic carbocycles. The van der Waals surface area contributed by atoms with Crippen molar-refractivity contribution in [2.45, 2.75) is 13.3 Å². The fraction of sp³-hybridized carbons (Fsp3) is 0.214. The zero-order valence-electron chi connectivity index (χ0n) is 10.3. The Labute approximate surface area is 107 Å². The van der Waals surface area contributed by atoms with Crippen LogP contribution in [-0.2, 0) is 4.79 Å². The Hall–Kier alpha value is -2.07. The van der Waals surface area contributed by atoms with Crippen LogP contribution in [0.4, 0.5) is 0 Å². The molecule has 0 spiro atoms. The first-order valence-corrected chi connectivity index (χ1v) is 5.48. The molecule has 0 aliphatic carbocycles.